The molecule has 0 amide bonds. The van der Waals surface area contributed by atoms with E-state index in [1.165, 1.54) is 0 Å². The minimum absolute atomic E-state index is 0.369. The van der Waals surface area contributed by atoms with Crippen LogP contribution >= 0.6 is 0 Å². The molecule has 0 saturated heterocycles. The van der Waals surface area contributed by atoms with Crippen LogP contribution in [0, 0.1) is 17.2 Å². The Hall–Kier alpha value is -0.590. The van der Waals surface area contributed by atoms with E-state index in [0.29, 0.717) is 18.4 Å². The van der Waals surface area contributed by atoms with Crippen molar-refractivity contribution in [3.63, 3.8) is 0 Å². The van der Waals surface area contributed by atoms with Crippen LogP contribution in [0.2, 0.25) is 0 Å². The lowest BCUT2D eigenvalue weighted by Crippen LogP contribution is -2.38. The zero-order chi connectivity index (χ0) is 10.1. The highest BCUT2D eigenvalue weighted by Crippen LogP contribution is 2.01. The van der Waals surface area contributed by atoms with Gasteiger partial charge in [0.15, 0.2) is 0 Å². The Labute approximate surface area is 81.1 Å². The van der Waals surface area contributed by atoms with Crippen molar-refractivity contribution in [2.45, 2.75) is 33.2 Å². The molecule has 0 aliphatic rings. The van der Waals surface area contributed by atoms with Gasteiger partial charge in [0.2, 0.25) is 0 Å². The van der Waals surface area contributed by atoms with Gasteiger partial charge in [0.1, 0.15) is 0 Å². The lowest BCUT2D eigenvalue weighted by molar-refractivity contribution is 0.109. The standard InChI is InChI=1S/C10H20N2O/c1-4-13-8-10(9(2)3)12-7-5-6-11/h9-10,12H,4-5,7-8H2,1-3H3. The molecule has 0 saturated carbocycles. The Morgan fingerprint density at radius 2 is 2.15 bits per heavy atom. The fourth-order valence-corrected chi connectivity index (χ4v) is 1.05. The summed E-state index contributed by atoms with van der Waals surface area (Å²) >= 11 is 0. The lowest BCUT2D eigenvalue weighted by Gasteiger charge is -2.21. The van der Waals surface area contributed by atoms with Gasteiger partial charge in [-0.3, -0.25) is 0 Å². The van der Waals surface area contributed by atoms with Gasteiger partial charge in [0, 0.05) is 25.6 Å². The van der Waals surface area contributed by atoms with E-state index < -0.39 is 0 Å². The van der Waals surface area contributed by atoms with Gasteiger partial charge in [-0.2, -0.15) is 5.26 Å². The Bertz CT molecular complexity index is 151. The summed E-state index contributed by atoms with van der Waals surface area (Å²) in [6.45, 7) is 8.55. The van der Waals surface area contributed by atoms with Crippen LogP contribution in [0.15, 0.2) is 0 Å². The van der Waals surface area contributed by atoms with E-state index in [1.807, 2.05) is 6.92 Å². The second kappa shape index (κ2) is 8.03. The van der Waals surface area contributed by atoms with Crippen LogP contribution in [0.1, 0.15) is 27.2 Å². The molecule has 13 heavy (non-hydrogen) atoms. The number of rotatable bonds is 7. The molecule has 3 nitrogen and oxygen atoms in total. The van der Waals surface area contributed by atoms with E-state index in [9.17, 15) is 0 Å². The quantitative estimate of drug-likeness (QED) is 0.611. The molecular formula is C10H20N2O. The van der Waals surface area contributed by atoms with Crippen LogP contribution in [0.4, 0.5) is 0 Å². The number of nitrogens with zero attached hydrogens (tertiary/aromatic N) is 1. The Balaban J connectivity index is 3.62. The molecule has 0 fully saturated rings. The molecule has 0 bridgehead atoms. The largest absolute Gasteiger partial charge is 0.380 e. The number of hydrogen-bond acceptors (Lipinski definition) is 3. The van der Waals surface area contributed by atoms with Gasteiger partial charge in [0.25, 0.3) is 0 Å². The lowest BCUT2D eigenvalue weighted by atomic mass is 10.1. The van der Waals surface area contributed by atoms with Gasteiger partial charge >= 0.3 is 0 Å². The second-order valence-electron chi connectivity index (χ2n) is 3.37. The fourth-order valence-electron chi connectivity index (χ4n) is 1.05. The van der Waals surface area contributed by atoms with Crippen molar-refractivity contribution in [2.75, 3.05) is 19.8 Å². The first-order valence-corrected chi connectivity index (χ1v) is 4.90. The molecular weight excluding hydrogens is 164 g/mol. The van der Waals surface area contributed by atoms with Gasteiger partial charge in [-0.1, -0.05) is 13.8 Å². The summed E-state index contributed by atoms with van der Waals surface area (Å²) in [6, 6.07) is 2.48. The van der Waals surface area contributed by atoms with E-state index in [2.05, 4.69) is 25.2 Å². The van der Waals surface area contributed by atoms with E-state index in [-0.39, 0.29) is 0 Å². The monoisotopic (exact) mass is 184 g/mol. The minimum atomic E-state index is 0.369. The van der Waals surface area contributed by atoms with Crippen LogP contribution in [-0.4, -0.2) is 25.8 Å². The van der Waals surface area contributed by atoms with Gasteiger partial charge < -0.3 is 10.1 Å². The maximum absolute atomic E-state index is 8.37. The summed E-state index contributed by atoms with van der Waals surface area (Å²) in [6.07, 6.45) is 0.565. The minimum Gasteiger partial charge on any atom is -0.380 e. The first kappa shape index (κ1) is 12.4. The highest BCUT2D eigenvalue weighted by Gasteiger charge is 2.11. The SMILES string of the molecule is CCOCC(NCCC#N)C(C)C. The van der Waals surface area contributed by atoms with Crippen LogP contribution in [0.25, 0.3) is 0 Å². The third kappa shape index (κ3) is 6.56. The molecule has 0 spiro atoms. The zero-order valence-electron chi connectivity index (χ0n) is 8.84. The second-order valence-corrected chi connectivity index (χ2v) is 3.37. The number of ether oxygens (including phenoxy) is 1. The number of nitrogens with one attached hydrogen (secondary N) is 1. The molecule has 0 aliphatic carbocycles. The molecule has 0 aliphatic heterocycles. The van der Waals surface area contributed by atoms with Gasteiger partial charge in [-0.15, -0.1) is 0 Å². The molecule has 0 radical (unpaired) electrons. The predicted molar refractivity (Wildman–Crippen MR) is 53.4 cm³/mol. The molecule has 0 aromatic rings. The van der Waals surface area contributed by atoms with Gasteiger partial charge in [0.05, 0.1) is 12.7 Å². The highest BCUT2D eigenvalue weighted by atomic mass is 16.5. The molecule has 1 N–H and O–H groups in total. The van der Waals surface area contributed by atoms with Crippen molar-refractivity contribution in [1.82, 2.24) is 5.32 Å². The molecule has 0 rings (SSSR count). The number of nitriles is 1. The van der Waals surface area contributed by atoms with Crippen LogP contribution in [-0.2, 0) is 4.74 Å². The summed E-state index contributed by atoms with van der Waals surface area (Å²) in [5.41, 5.74) is 0. The molecule has 3 heteroatoms. The van der Waals surface area contributed by atoms with Crippen LogP contribution in [0.3, 0.4) is 0 Å². The van der Waals surface area contributed by atoms with Gasteiger partial charge in [-0.25, -0.2) is 0 Å². The molecule has 76 valence electrons. The Morgan fingerprint density at radius 3 is 2.62 bits per heavy atom. The van der Waals surface area contributed by atoms with Crippen molar-refractivity contribution in [3.8, 4) is 6.07 Å². The predicted octanol–water partition coefficient (Wildman–Crippen LogP) is 1.55. The highest BCUT2D eigenvalue weighted by molar-refractivity contribution is 4.75. The van der Waals surface area contributed by atoms with E-state index >= 15 is 0 Å². The number of hydrogen-bond donors (Lipinski definition) is 1. The summed E-state index contributed by atoms with van der Waals surface area (Å²) < 4.78 is 5.34. The van der Waals surface area contributed by atoms with Crippen molar-refractivity contribution in [2.24, 2.45) is 5.92 Å². The van der Waals surface area contributed by atoms with Crippen molar-refractivity contribution < 1.29 is 4.74 Å². The topological polar surface area (TPSA) is 45.0 Å². The average Bonchev–Trinajstić information content (AvgIpc) is 2.10. The fraction of sp³-hybridized carbons (Fsp3) is 0.900. The third-order valence-electron chi connectivity index (χ3n) is 1.95. The zero-order valence-corrected chi connectivity index (χ0v) is 8.84. The van der Waals surface area contributed by atoms with Crippen molar-refractivity contribution in [3.05, 3.63) is 0 Å². The normalized spacial score (nSPS) is 12.8. The first-order chi connectivity index (χ1) is 6.22. The maximum atomic E-state index is 8.37. The molecule has 0 heterocycles. The van der Waals surface area contributed by atoms with Crippen molar-refractivity contribution >= 4 is 0 Å². The van der Waals surface area contributed by atoms with Crippen LogP contribution in [0.5, 0.6) is 0 Å². The summed E-state index contributed by atoms with van der Waals surface area (Å²) in [4.78, 5) is 0. The Morgan fingerprint density at radius 1 is 1.46 bits per heavy atom. The van der Waals surface area contributed by atoms with Crippen LogP contribution < -0.4 is 5.32 Å². The summed E-state index contributed by atoms with van der Waals surface area (Å²) in [5.74, 6) is 0.547. The summed E-state index contributed by atoms with van der Waals surface area (Å²) in [5, 5.41) is 11.7. The summed E-state index contributed by atoms with van der Waals surface area (Å²) in [7, 11) is 0. The van der Waals surface area contributed by atoms with Gasteiger partial charge in [-0.05, 0) is 12.8 Å². The van der Waals surface area contributed by atoms with E-state index in [1.54, 1.807) is 0 Å². The Kier molecular flexibility index (Phi) is 7.66. The molecule has 0 aromatic heterocycles. The molecule has 0 aromatic carbocycles. The first-order valence-electron chi connectivity index (χ1n) is 4.90. The average molecular weight is 184 g/mol. The third-order valence-corrected chi connectivity index (χ3v) is 1.95. The van der Waals surface area contributed by atoms with E-state index in [0.717, 1.165) is 19.8 Å². The molecule has 1 atom stereocenters. The smallest absolute Gasteiger partial charge is 0.0635 e. The van der Waals surface area contributed by atoms with Crippen molar-refractivity contribution in [1.29, 1.82) is 5.26 Å². The maximum Gasteiger partial charge on any atom is 0.0635 e. The van der Waals surface area contributed by atoms with E-state index in [4.69, 9.17) is 10.00 Å². The molecule has 1 unspecified atom stereocenters.